The van der Waals surface area contributed by atoms with Crippen LogP contribution < -0.4 is 11.5 Å². The number of amidine groups is 1. The fourth-order valence-electron chi connectivity index (χ4n) is 2.65. The third-order valence-electron chi connectivity index (χ3n) is 3.66. The highest BCUT2D eigenvalue weighted by Crippen LogP contribution is 2.34. The van der Waals surface area contributed by atoms with E-state index in [1.54, 1.807) is 0 Å². The summed E-state index contributed by atoms with van der Waals surface area (Å²) < 4.78 is 0. The molecule has 5 nitrogen and oxygen atoms in total. The number of aryl methyl sites for hydroxylation is 1. The summed E-state index contributed by atoms with van der Waals surface area (Å²) in [5.74, 6) is 1.14. The number of aromatic nitrogens is 2. The summed E-state index contributed by atoms with van der Waals surface area (Å²) in [6.07, 6.45) is 4.22. The maximum Gasteiger partial charge on any atom is 0.134 e. The molecule has 2 heterocycles. The Morgan fingerprint density at radius 3 is 2.76 bits per heavy atom. The van der Waals surface area contributed by atoms with Crippen molar-refractivity contribution in [2.75, 3.05) is 5.73 Å². The number of nitrogen functional groups attached to an aromatic ring is 1. The fraction of sp³-hybridized carbons (Fsp3) is 0.188. The Hall–Kier alpha value is -2.69. The van der Waals surface area contributed by atoms with Crippen molar-refractivity contribution >= 4 is 22.9 Å². The molecular formula is C16H17N5. The van der Waals surface area contributed by atoms with Crippen LogP contribution in [0.4, 0.5) is 11.5 Å². The quantitative estimate of drug-likeness (QED) is 0.883. The zero-order valence-corrected chi connectivity index (χ0v) is 12.1. The molecule has 106 valence electrons. The Balaban J connectivity index is 2.12. The second-order valence-corrected chi connectivity index (χ2v) is 5.05. The molecule has 0 saturated heterocycles. The molecule has 0 radical (unpaired) electrons. The molecule has 3 rings (SSSR count). The van der Waals surface area contributed by atoms with Crippen LogP contribution in [0.15, 0.2) is 35.6 Å². The first-order valence-corrected chi connectivity index (χ1v) is 6.80. The van der Waals surface area contributed by atoms with Gasteiger partial charge in [0.15, 0.2) is 0 Å². The highest BCUT2D eigenvalue weighted by Gasteiger charge is 2.16. The lowest BCUT2D eigenvalue weighted by atomic mass is 9.95. The molecule has 1 aliphatic rings. The Kier molecular flexibility index (Phi) is 3.17. The van der Waals surface area contributed by atoms with E-state index >= 15 is 0 Å². The first kappa shape index (κ1) is 13.3. The van der Waals surface area contributed by atoms with Gasteiger partial charge in [-0.15, -0.1) is 0 Å². The molecule has 5 heteroatoms. The van der Waals surface area contributed by atoms with Crippen LogP contribution >= 0.6 is 0 Å². The average molecular weight is 279 g/mol. The van der Waals surface area contributed by atoms with Gasteiger partial charge in [-0.2, -0.15) is 0 Å². The summed E-state index contributed by atoms with van der Waals surface area (Å²) in [5.41, 5.74) is 17.7. The van der Waals surface area contributed by atoms with Gasteiger partial charge in [0.1, 0.15) is 18.0 Å². The maximum absolute atomic E-state index is 6.03. The van der Waals surface area contributed by atoms with Gasteiger partial charge in [0.05, 0.1) is 11.4 Å². The number of fused-ring (bicyclic) bond motifs is 1. The van der Waals surface area contributed by atoms with Crippen molar-refractivity contribution in [3.05, 3.63) is 53.0 Å². The van der Waals surface area contributed by atoms with Crippen molar-refractivity contribution in [2.24, 2.45) is 10.7 Å². The summed E-state index contributed by atoms with van der Waals surface area (Å²) >= 11 is 0. The standard InChI is InChI=1S/C16H17N5/c1-3-12(15-9(2)19-8-20-16(15)18)10-4-5-11-7-14(17)21-13(11)6-10/h3-6,8H,7H2,1-2H3,(H2,17,21)(H2,18,19,20)/b12-3-. The average Bonchev–Trinajstić information content (AvgIpc) is 2.82. The minimum absolute atomic E-state index is 0.485. The number of aliphatic imine (C=N–C) groups is 1. The Morgan fingerprint density at radius 2 is 2.05 bits per heavy atom. The molecule has 0 bridgehead atoms. The van der Waals surface area contributed by atoms with E-state index in [1.807, 2.05) is 26.0 Å². The zero-order valence-electron chi connectivity index (χ0n) is 12.1. The van der Waals surface area contributed by atoms with E-state index in [0.717, 1.165) is 40.1 Å². The lowest BCUT2D eigenvalue weighted by molar-refractivity contribution is 1.09. The van der Waals surface area contributed by atoms with Crippen molar-refractivity contribution in [3.8, 4) is 0 Å². The Morgan fingerprint density at radius 1 is 1.24 bits per heavy atom. The number of nitrogens with two attached hydrogens (primary N) is 2. The predicted molar refractivity (Wildman–Crippen MR) is 85.4 cm³/mol. The molecule has 1 aromatic heterocycles. The van der Waals surface area contributed by atoms with Crippen LogP contribution in [0.25, 0.3) is 5.57 Å². The lowest BCUT2D eigenvalue weighted by Gasteiger charge is -2.13. The number of anilines is 1. The summed E-state index contributed by atoms with van der Waals surface area (Å²) in [5, 5.41) is 0. The van der Waals surface area contributed by atoms with Crippen LogP contribution in [0.3, 0.4) is 0 Å². The summed E-state index contributed by atoms with van der Waals surface area (Å²) in [6, 6.07) is 6.16. The summed E-state index contributed by atoms with van der Waals surface area (Å²) in [6.45, 7) is 3.91. The van der Waals surface area contributed by atoms with Crippen LogP contribution in [0.1, 0.15) is 29.3 Å². The SMILES string of the molecule is C/C=C(/c1ccc2c(c1)N=C(N)C2)c1c(C)ncnc1N. The highest BCUT2D eigenvalue weighted by molar-refractivity contribution is 5.93. The van der Waals surface area contributed by atoms with E-state index in [9.17, 15) is 0 Å². The topological polar surface area (TPSA) is 90.2 Å². The number of rotatable bonds is 2. The molecule has 2 aromatic rings. The number of nitrogens with zero attached hydrogens (tertiary/aromatic N) is 3. The Bertz CT molecular complexity index is 754. The van der Waals surface area contributed by atoms with Gasteiger partial charge in [-0.25, -0.2) is 15.0 Å². The molecule has 21 heavy (non-hydrogen) atoms. The predicted octanol–water partition coefficient (Wildman–Crippen LogP) is 2.36. The van der Waals surface area contributed by atoms with Gasteiger partial charge in [-0.3, -0.25) is 0 Å². The van der Waals surface area contributed by atoms with Gasteiger partial charge >= 0.3 is 0 Å². The normalized spacial score (nSPS) is 14.0. The number of benzene rings is 1. The number of hydrogen-bond acceptors (Lipinski definition) is 5. The zero-order chi connectivity index (χ0) is 15.0. The third-order valence-corrected chi connectivity index (χ3v) is 3.66. The van der Waals surface area contributed by atoms with E-state index in [4.69, 9.17) is 11.5 Å². The molecule has 0 amide bonds. The molecule has 0 aliphatic carbocycles. The number of hydrogen-bond donors (Lipinski definition) is 2. The molecular weight excluding hydrogens is 262 g/mol. The first-order valence-electron chi connectivity index (χ1n) is 6.80. The monoisotopic (exact) mass is 279 g/mol. The minimum Gasteiger partial charge on any atom is -0.387 e. The second-order valence-electron chi connectivity index (χ2n) is 5.05. The van der Waals surface area contributed by atoms with Crippen LogP contribution in [0.5, 0.6) is 0 Å². The van der Waals surface area contributed by atoms with Gasteiger partial charge in [-0.1, -0.05) is 18.2 Å². The molecule has 0 unspecified atom stereocenters. The van der Waals surface area contributed by atoms with E-state index in [0.29, 0.717) is 11.7 Å². The molecule has 0 spiro atoms. The molecule has 1 aliphatic heterocycles. The van der Waals surface area contributed by atoms with Crippen LogP contribution in [0.2, 0.25) is 0 Å². The van der Waals surface area contributed by atoms with Gasteiger partial charge < -0.3 is 11.5 Å². The van der Waals surface area contributed by atoms with E-state index < -0.39 is 0 Å². The van der Waals surface area contributed by atoms with Crippen LogP contribution in [-0.2, 0) is 6.42 Å². The first-order chi connectivity index (χ1) is 10.1. The van der Waals surface area contributed by atoms with E-state index in [-0.39, 0.29) is 0 Å². The molecule has 0 saturated carbocycles. The highest BCUT2D eigenvalue weighted by atomic mass is 14.9. The summed E-state index contributed by atoms with van der Waals surface area (Å²) in [7, 11) is 0. The van der Waals surface area contributed by atoms with Crippen molar-refractivity contribution in [3.63, 3.8) is 0 Å². The fourth-order valence-corrected chi connectivity index (χ4v) is 2.65. The van der Waals surface area contributed by atoms with Crippen molar-refractivity contribution in [1.29, 1.82) is 0 Å². The van der Waals surface area contributed by atoms with Crippen molar-refractivity contribution < 1.29 is 0 Å². The van der Waals surface area contributed by atoms with Gasteiger partial charge in [0.25, 0.3) is 0 Å². The molecule has 0 atom stereocenters. The van der Waals surface area contributed by atoms with Crippen molar-refractivity contribution in [2.45, 2.75) is 20.3 Å². The molecule has 1 aromatic carbocycles. The van der Waals surface area contributed by atoms with E-state index in [1.165, 1.54) is 6.33 Å². The Labute approximate surface area is 123 Å². The van der Waals surface area contributed by atoms with Gasteiger partial charge in [-0.05, 0) is 36.6 Å². The van der Waals surface area contributed by atoms with E-state index in [2.05, 4.69) is 27.1 Å². The van der Waals surface area contributed by atoms with Crippen molar-refractivity contribution in [1.82, 2.24) is 9.97 Å². The minimum atomic E-state index is 0.485. The molecule has 4 N–H and O–H groups in total. The smallest absolute Gasteiger partial charge is 0.134 e. The lowest BCUT2D eigenvalue weighted by Crippen LogP contribution is -2.09. The van der Waals surface area contributed by atoms with Gasteiger partial charge in [0, 0.05) is 12.0 Å². The third kappa shape index (κ3) is 2.27. The van der Waals surface area contributed by atoms with Crippen LogP contribution in [-0.4, -0.2) is 15.8 Å². The summed E-state index contributed by atoms with van der Waals surface area (Å²) in [4.78, 5) is 12.7. The largest absolute Gasteiger partial charge is 0.387 e. The van der Waals surface area contributed by atoms with Crippen LogP contribution in [0, 0.1) is 6.92 Å². The van der Waals surface area contributed by atoms with Gasteiger partial charge in [0.2, 0.25) is 0 Å². The second kappa shape index (κ2) is 5.01. The molecule has 0 fully saturated rings. The number of allylic oxidation sites excluding steroid dienone is 1. The maximum atomic E-state index is 6.03.